The summed E-state index contributed by atoms with van der Waals surface area (Å²) in [5, 5.41) is 7.61. The zero-order valence-electron chi connectivity index (χ0n) is 14.9. The van der Waals surface area contributed by atoms with Gasteiger partial charge in [-0.15, -0.1) is 0 Å². The Morgan fingerprint density at radius 2 is 1.86 bits per heavy atom. The van der Waals surface area contributed by atoms with E-state index >= 15 is 0 Å². The van der Waals surface area contributed by atoms with Crippen LogP contribution in [0.1, 0.15) is 16.1 Å². The number of ether oxygens (including phenoxy) is 2. The van der Waals surface area contributed by atoms with E-state index in [4.69, 9.17) is 37.2 Å². The number of nitrogens with one attached hydrogen (secondary N) is 1. The van der Waals surface area contributed by atoms with Gasteiger partial charge < -0.3 is 19.3 Å². The Labute approximate surface area is 171 Å². The molecular weight excluding hydrogens is 403 g/mol. The number of benzene rings is 2. The van der Waals surface area contributed by atoms with E-state index in [1.165, 1.54) is 0 Å². The molecule has 2 aromatic carbocycles. The topological polar surface area (TPSA) is 73.6 Å². The molecule has 0 saturated carbocycles. The molecule has 0 bridgehead atoms. The molecule has 4 rings (SSSR count). The number of carbonyl (C=O) groups excluding carboxylic acids is 1. The lowest BCUT2D eigenvalue weighted by molar-refractivity contribution is 0.0788. The number of para-hydroxylation sites is 2. The van der Waals surface area contributed by atoms with Crippen LogP contribution in [0, 0.1) is 6.92 Å². The molecule has 1 amide bonds. The Bertz CT molecular complexity index is 1010. The van der Waals surface area contributed by atoms with Gasteiger partial charge in [-0.05, 0) is 31.2 Å². The predicted molar refractivity (Wildman–Crippen MR) is 105 cm³/mol. The van der Waals surface area contributed by atoms with E-state index < -0.39 is 0 Å². The standard InChI is InChI=1S/C20H16Cl2N2O4/c1-11-17(19(24-28-11)18-13(21)5-4-6-14(18)22)20(25)23-9-12-10-26-15-7-2-3-8-16(15)27-12/h2-8,12H,9-10H2,1H3,(H,23,25)/t12-/m0/s1. The van der Waals surface area contributed by atoms with Crippen molar-refractivity contribution < 1.29 is 18.8 Å². The molecule has 6 nitrogen and oxygen atoms in total. The first-order valence-corrected chi connectivity index (χ1v) is 9.37. The third-order valence-electron chi connectivity index (χ3n) is 4.35. The van der Waals surface area contributed by atoms with Gasteiger partial charge in [0.1, 0.15) is 29.7 Å². The molecule has 0 radical (unpaired) electrons. The Kier molecular flexibility index (Phi) is 5.15. The lowest BCUT2D eigenvalue weighted by atomic mass is 10.1. The van der Waals surface area contributed by atoms with Crippen molar-refractivity contribution in [1.29, 1.82) is 0 Å². The molecule has 1 aromatic heterocycles. The van der Waals surface area contributed by atoms with Crippen molar-refractivity contribution in [2.45, 2.75) is 13.0 Å². The van der Waals surface area contributed by atoms with E-state index in [0.717, 1.165) is 0 Å². The third-order valence-corrected chi connectivity index (χ3v) is 4.98. The summed E-state index contributed by atoms with van der Waals surface area (Å²) in [7, 11) is 0. The van der Waals surface area contributed by atoms with Gasteiger partial charge in [-0.3, -0.25) is 4.79 Å². The maximum Gasteiger partial charge on any atom is 0.257 e. The number of fused-ring (bicyclic) bond motifs is 1. The molecule has 3 aromatic rings. The van der Waals surface area contributed by atoms with Crippen LogP contribution in [0.3, 0.4) is 0 Å². The Balaban J connectivity index is 1.52. The van der Waals surface area contributed by atoms with E-state index in [1.54, 1.807) is 25.1 Å². The van der Waals surface area contributed by atoms with E-state index in [-0.39, 0.29) is 24.1 Å². The number of rotatable bonds is 4. The van der Waals surface area contributed by atoms with Crippen molar-refractivity contribution in [2.75, 3.05) is 13.2 Å². The van der Waals surface area contributed by atoms with Crippen LogP contribution in [0.15, 0.2) is 47.0 Å². The lowest BCUT2D eigenvalue weighted by Gasteiger charge is -2.26. The van der Waals surface area contributed by atoms with E-state index in [9.17, 15) is 4.79 Å². The van der Waals surface area contributed by atoms with Gasteiger partial charge in [0.05, 0.1) is 16.6 Å². The second-order valence-electron chi connectivity index (χ2n) is 6.27. The maximum atomic E-state index is 12.8. The minimum atomic E-state index is -0.354. The first-order chi connectivity index (χ1) is 13.5. The highest BCUT2D eigenvalue weighted by molar-refractivity contribution is 6.39. The van der Waals surface area contributed by atoms with Crippen LogP contribution in [0.4, 0.5) is 0 Å². The van der Waals surface area contributed by atoms with Crippen molar-refractivity contribution >= 4 is 29.1 Å². The number of halogens is 2. The fraction of sp³-hybridized carbons (Fsp3) is 0.200. The Hall–Kier alpha value is -2.70. The van der Waals surface area contributed by atoms with Gasteiger partial charge >= 0.3 is 0 Å². The van der Waals surface area contributed by atoms with Crippen LogP contribution >= 0.6 is 23.2 Å². The summed E-state index contributed by atoms with van der Waals surface area (Å²) in [4.78, 5) is 12.8. The van der Waals surface area contributed by atoms with Crippen molar-refractivity contribution in [2.24, 2.45) is 0 Å². The fourth-order valence-electron chi connectivity index (χ4n) is 2.99. The number of aromatic nitrogens is 1. The summed E-state index contributed by atoms with van der Waals surface area (Å²) in [5.74, 6) is 1.36. The molecule has 2 heterocycles. The Morgan fingerprint density at radius 3 is 2.61 bits per heavy atom. The minimum absolute atomic E-state index is 0.257. The number of carbonyl (C=O) groups is 1. The van der Waals surface area contributed by atoms with Gasteiger partial charge in [-0.25, -0.2) is 0 Å². The maximum absolute atomic E-state index is 12.8. The zero-order chi connectivity index (χ0) is 19.7. The number of nitrogens with zero attached hydrogens (tertiary/aromatic N) is 1. The zero-order valence-corrected chi connectivity index (χ0v) is 16.4. The summed E-state index contributed by atoms with van der Waals surface area (Å²) in [5.41, 5.74) is 1.04. The second-order valence-corrected chi connectivity index (χ2v) is 7.08. The molecule has 8 heteroatoms. The van der Waals surface area contributed by atoms with Crippen LogP contribution in [-0.2, 0) is 0 Å². The molecule has 0 spiro atoms. The summed E-state index contributed by atoms with van der Waals surface area (Å²) in [6.07, 6.45) is -0.314. The molecular formula is C20H16Cl2N2O4. The Morgan fingerprint density at radius 1 is 1.14 bits per heavy atom. The van der Waals surface area contributed by atoms with Crippen molar-refractivity contribution in [3.05, 3.63) is 63.8 Å². The average Bonchev–Trinajstić information content (AvgIpc) is 3.07. The normalized spacial score (nSPS) is 15.3. The molecule has 0 aliphatic carbocycles. The predicted octanol–water partition coefficient (Wildman–Crippen LogP) is 4.53. The molecule has 1 N–H and O–H groups in total. The monoisotopic (exact) mass is 418 g/mol. The molecule has 1 aliphatic heterocycles. The van der Waals surface area contributed by atoms with E-state index in [2.05, 4.69) is 10.5 Å². The number of amides is 1. The molecule has 144 valence electrons. The number of hydrogen-bond acceptors (Lipinski definition) is 5. The highest BCUT2D eigenvalue weighted by Gasteiger charge is 2.26. The molecule has 1 aliphatic rings. The molecule has 0 unspecified atom stereocenters. The highest BCUT2D eigenvalue weighted by atomic mass is 35.5. The summed E-state index contributed by atoms with van der Waals surface area (Å²) in [6.45, 7) is 2.25. The van der Waals surface area contributed by atoms with Gasteiger partial charge in [-0.2, -0.15) is 0 Å². The van der Waals surface area contributed by atoms with Crippen molar-refractivity contribution in [3.8, 4) is 22.8 Å². The lowest BCUT2D eigenvalue weighted by Crippen LogP contribution is -2.40. The molecule has 0 saturated heterocycles. The quantitative estimate of drug-likeness (QED) is 0.673. The van der Waals surface area contributed by atoms with Crippen LogP contribution in [-0.4, -0.2) is 30.3 Å². The number of aryl methyl sites for hydroxylation is 1. The summed E-state index contributed by atoms with van der Waals surface area (Å²) in [6, 6.07) is 12.5. The number of hydrogen-bond donors (Lipinski definition) is 1. The largest absolute Gasteiger partial charge is 0.486 e. The first kappa shape index (κ1) is 18.7. The fourth-order valence-corrected chi connectivity index (χ4v) is 3.57. The van der Waals surface area contributed by atoms with Gasteiger partial charge in [0, 0.05) is 5.56 Å². The van der Waals surface area contributed by atoms with Crippen LogP contribution in [0.25, 0.3) is 11.3 Å². The van der Waals surface area contributed by atoms with Gasteiger partial charge in [0.2, 0.25) is 0 Å². The summed E-state index contributed by atoms with van der Waals surface area (Å²) < 4.78 is 16.8. The molecule has 0 fully saturated rings. The SMILES string of the molecule is Cc1onc(-c2c(Cl)cccc2Cl)c1C(=O)NC[C@H]1COc2ccccc2O1. The molecule has 1 atom stereocenters. The molecule has 28 heavy (non-hydrogen) atoms. The third kappa shape index (κ3) is 3.53. The highest BCUT2D eigenvalue weighted by Crippen LogP contribution is 2.36. The van der Waals surface area contributed by atoms with E-state index in [1.807, 2.05) is 24.3 Å². The van der Waals surface area contributed by atoms with Crippen molar-refractivity contribution in [3.63, 3.8) is 0 Å². The average molecular weight is 419 g/mol. The van der Waals surface area contributed by atoms with Crippen LogP contribution in [0.5, 0.6) is 11.5 Å². The first-order valence-electron chi connectivity index (χ1n) is 8.62. The van der Waals surface area contributed by atoms with E-state index in [0.29, 0.717) is 45.2 Å². The smallest absolute Gasteiger partial charge is 0.257 e. The van der Waals surface area contributed by atoms with Crippen LogP contribution in [0.2, 0.25) is 10.0 Å². The van der Waals surface area contributed by atoms with Gasteiger partial charge in [0.25, 0.3) is 5.91 Å². The van der Waals surface area contributed by atoms with Gasteiger partial charge in [-0.1, -0.05) is 46.6 Å². The van der Waals surface area contributed by atoms with Crippen molar-refractivity contribution in [1.82, 2.24) is 10.5 Å². The summed E-state index contributed by atoms with van der Waals surface area (Å²) >= 11 is 12.5. The van der Waals surface area contributed by atoms with Crippen LogP contribution < -0.4 is 14.8 Å². The van der Waals surface area contributed by atoms with Gasteiger partial charge in [0.15, 0.2) is 11.5 Å². The second kappa shape index (κ2) is 7.73. The minimum Gasteiger partial charge on any atom is -0.486 e.